The van der Waals surface area contributed by atoms with Crippen molar-refractivity contribution in [1.29, 1.82) is 0 Å². The Hall–Kier alpha value is -3.55. The summed E-state index contributed by atoms with van der Waals surface area (Å²) >= 11 is 1.60. The summed E-state index contributed by atoms with van der Waals surface area (Å²) in [5, 5.41) is 0. The number of allylic oxidation sites excluding steroid dienone is 2. The average Bonchev–Trinajstić information content (AvgIpc) is 3.43. The molecule has 0 aliphatic carbocycles. The second-order valence-corrected chi connectivity index (χ2v) is 13.5. The molecule has 1 aliphatic rings. The van der Waals surface area contributed by atoms with Gasteiger partial charge < -0.3 is 5.53 Å². The van der Waals surface area contributed by atoms with Gasteiger partial charge in [0.25, 0.3) is 0 Å². The number of hydrogen-bond donors (Lipinski definition) is 0. The minimum absolute atomic E-state index is 0.893. The van der Waals surface area contributed by atoms with Crippen LogP contribution in [-0.4, -0.2) is 4.70 Å². The molecule has 0 unspecified atom stereocenters. The molecular weight excluding hydrogens is 603 g/mol. The Balaban J connectivity index is 0.000000305. The van der Waals surface area contributed by atoms with Gasteiger partial charge >= 0.3 is 84.2 Å². The molecule has 0 amide bonds. The fourth-order valence-electron chi connectivity index (χ4n) is 5.64. The maximum atomic E-state index is 11.3. The summed E-state index contributed by atoms with van der Waals surface area (Å²) in [5.74, 6) is 0. The van der Waals surface area contributed by atoms with Crippen LogP contribution in [0.3, 0.4) is 0 Å². The number of rotatable bonds is 16. The zero-order valence-corrected chi connectivity index (χ0v) is 29.2. The van der Waals surface area contributed by atoms with E-state index in [1.54, 1.807) is 14.4 Å². The summed E-state index contributed by atoms with van der Waals surface area (Å²) in [6, 6.07) is 38.5. The van der Waals surface area contributed by atoms with Crippen molar-refractivity contribution in [3.05, 3.63) is 149 Å². The first-order valence-corrected chi connectivity index (χ1v) is 18.4. The van der Waals surface area contributed by atoms with E-state index in [-0.39, 0.29) is 0 Å². The van der Waals surface area contributed by atoms with Crippen molar-refractivity contribution in [3.8, 4) is 0 Å². The fourth-order valence-corrected chi connectivity index (χ4v) is 6.68. The average molecular weight is 656 g/mol. The number of nitrogens with zero attached hydrogens (tertiary/aromatic N) is 2. The van der Waals surface area contributed by atoms with Crippen LogP contribution < -0.4 is 9.07 Å². The topological polar surface area (TPSA) is 25.3 Å². The SMILES string of the molecule is CCCCCCC1=C(c2ccc(CCCCC)cc2)[N+](=[N-])C(c2ccc(CCCC)cc2)=C1.c1cc[c]([Ni][c]2ccccc2)cc1. The molecule has 1 heterocycles. The van der Waals surface area contributed by atoms with Gasteiger partial charge in [0.05, 0.1) is 0 Å². The van der Waals surface area contributed by atoms with Gasteiger partial charge in [0.2, 0.25) is 11.4 Å². The van der Waals surface area contributed by atoms with E-state index in [1.807, 2.05) is 12.1 Å². The molecule has 244 valence electrons. The zero-order valence-electron chi connectivity index (χ0n) is 28.2. The first-order chi connectivity index (χ1) is 22.6. The molecule has 0 N–H and O–H groups in total. The van der Waals surface area contributed by atoms with Gasteiger partial charge in [-0.25, -0.2) is 4.70 Å². The molecule has 4 aromatic carbocycles. The van der Waals surface area contributed by atoms with Crippen molar-refractivity contribution in [2.75, 3.05) is 0 Å². The number of unbranched alkanes of at least 4 members (excludes halogenated alkanes) is 6. The Morgan fingerprint density at radius 3 is 1.52 bits per heavy atom. The Morgan fingerprint density at radius 2 is 0.978 bits per heavy atom. The second-order valence-electron chi connectivity index (χ2n) is 12.1. The normalized spacial score (nSPS) is 12.7. The number of benzene rings is 4. The first-order valence-electron chi connectivity index (χ1n) is 17.4. The van der Waals surface area contributed by atoms with Crippen molar-refractivity contribution < 1.29 is 19.1 Å². The van der Waals surface area contributed by atoms with Gasteiger partial charge in [-0.1, -0.05) is 83.6 Å². The third-order valence-corrected chi connectivity index (χ3v) is 9.56. The number of aryl methyl sites for hydroxylation is 2. The Labute approximate surface area is 285 Å². The molecule has 4 aromatic rings. The molecular formula is C43H52N2Ni. The van der Waals surface area contributed by atoms with Crippen LogP contribution >= 0.6 is 0 Å². The van der Waals surface area contributed by atoms with E-state index in [9.17, 15) is 5.53 Å². The summed E-state index contributed by atoms with van der Waals surface area (Å²) in [6.45, 7) is 6.73. The van der Waals surface area contributed by atoms with Gasteiger partial charge in [0, 0.05) is 22.8 Å². The van der Waals surface area contributed by atoms with Crippen LogP contribution in [0, 0.1) is 0 Å². The molecule has 0 saturated heterocycles. The van der Waals surface area contributed by atoms with E-state index in [0.29, 0.717) is 0 Å². The first kappa shape index (κ1) is 35.3. The van der Waals surface area contributed by atoms with E-state index in [0.717, 1.165) is 48.2 Å². The number of hydrogen-bond acceptors (Lipinski definition) is 0. The van der Waals surface area contributed by atoms with Crippen molar-refractivity contribution in [2.45, 2.75) is 97.8 Å². The second kappa shape index (κ2) is 19.9. The van der Waals surface area contributed by atoms with Crippen molar-refractivity contribution in [2.24, 2.45) is 0 Å². The van der Waals surface area contributed by atoms with Gasteiger partial charge in [-0.15, -0.1) is 0 Å². The molecule has 0 saturated carbocycles. The van der Waals surface area contributed by atoms with Crippen LogP contribution in [0.5, 0.6) is 0 Å². The van der Waals surface area contributed by atoms with Crippen LogP contribution in [0.1, 0.15) is 107 Å². The monoisotopic (exact) mass is 654 g/mol. The molecule has 0 bridgehead atoms. The molecule has 2 nitrogen and oxygen atoms in total. The molecule has 3 heteroatoms. The predicted molar refractivity (Wildman–Crippen MR) is 194 cm³/mol. The Morgan fingerprint density at radius 1 is 0.500 bits per heavy atom. The van der Waals surface area contributed by atoms with E-state index in [1.165, 1.54) is 81.8 Å². The zero-order chi connectivity index (χ0) is 32.4. The predicted octanol–water partition coefficient (Wildman–Crippen LogP) is 11.3. The van der Waals surface area contributed by atoms with E-state index >= 15 is 0 Å². The molecule has 0 spiro atoms. The fraction of sp³-hybridized carbons (Fsp3) is 0.349. The summed E-state index contributed by atoms with van der Waals surface area (Å²) in [4.78, 5) is 0. The van der Waals surface area contributed by atoms with Gasteiger partial charge in [-0.3, -0.25) is 0 Å². The molecule has 0 fully saturated rings. The summed E-state index contributed by atoms with van der Waals surface area (Å²) in [6.07, 6.45) is 16.6. The summed E-state index contributed by atoms with van der Waals surface area (Å²) < 4.78 is 4.05. The van der Waals surface area contributed by atoms with Gasteiger partial charge in [-0.2, -0.15) is 0 Å². The van der Waals surface area contributed by atoms with Crippen LogP contribution in [0.2, 0.25) is 0 Å². The van der Waals surface area contributed by atoms with Gasteiger partial charge in [0.1, 0.15) is 0 Å². The summed E-state index contributed by atoms with van der Waals surface area (Å²) in [5.41, 5.74) is 19.3. The molecule has 5 rings (SSSR count). The van der Waals surface area contributed by atoms with Crippen molar-refractivity contribution >= 4 is 20.5 Å². The molecule has 1 aliphatic heterocycles. The summed E-state index contributed by atoms with van der Waals surface area (Å²) in [7, 11) is 0. The van der Waals surface area contributed by atoms with Crippen molar-refractivity contribution in [3.63, 3.8) is 0 Å². The Bertz CT molecular complexity index is 1480. The Kier molecular flexibility index (Phi) is 15.2. The van der Waals surface area contributed by atoms with Crippen molar-refractivity contribution in [1.82, 2.24) is 0 Å². The third kappa shape index (κ3) is 11.1. The molecule has 0 atom stereocenters. The van der Waals surface area contributed by atoms with Crippen LogP contribution in [-0.2, 0) is 27.3 Å². The van der Waals surface area contributed by atoms with Crippen LogP contribution in [0.25, 0.3) is 16.9 Å². The van der Waals surface area contributed by atoms with Crippen LogP contribution in [0.4, 0.5) is 0 Å². The third-order valence-electron chi connectivity index (χ3n) is 8.33. The standard InChI is InChI=1S/C31H42N2.2C6H5.Ni/c1-4-7-10-12-15-29-24-30(27-20-16-25(17-21-27)13-9-6-3)33(32)31(29)28-22-18-26(19-23-28)14-11-8-5-2;2*1-2-4-6-5-3-1;/h16-24H,4-15H2,1-3H3;2*1-5H;. The van der Waals surface area contributed by atoms with Gasteiger partial charge in [0.15, 0.2) is 0 Å². The molecule has 46 heavy (non-hydrogen) atoms. The van der Waals surface area contributed by atoms with E-state index < -0.39 is 0 Å². The quantitative estimate of drug-likeness (QED) is 0.0652. The molecule has 0 aromatic heterocycles. The van der Waals surface area contributed by atoms with E-state index in [2.05, 4.69) is 124 Å². The van der Waals surface area contributed by atoms with Crippen LogP contribution in [0.15, 0.2) is 121 Å². The molecule has 0 radical (unpaired) electrons. The minimum atomic E-state index is 0.893. The van der Waals surface area contributed by atoms with E-state index in [4.69, 9.17) is 0 Å². The maximum absolute atomic E-state index is 11.3. The van der Waals surface area contributed by atoms with Gasteiger partial charge in [-0.05, 0) is 73.9 Å².